The molecule has 6 heteroatoms. The van der Waals surface area contributed by atoms with E-state index in [9.17, 15) is 9.59 Å². The van der Waals surface area contributed by atoms with Gasteiger partial charge >= 0.3 is 0 Å². The average Bonchev–Trinajstić information content (AvgIpc) is 2.34. The van der Waals surface area contributed by atoms with Crippen molar-refractivity contribution in [3.63, 3.8) is 0 Å². The lowest BCUT2D eigenvalue weighted by atomic mass is 10.3. The Labute approximate surface area is 128 Å². The number of carbonyl (C=O) groups excluding carboxylic acids is 2. The smallest absolute Gasteiger partial charge is 0.234 e. The van der Waals surface area contributed by atoms with Crippen molar-refractivity contribution in [2.24, 2.45) is 5.73 Å². The van der Waals surface area contributed by atoms with E-state index in [2.05, 4.69) is 26.1 Å². The Balaban J connectivity index is 2.62. The molecule has 0 aliphatic heterocycles. The van der Waals surface area contributed by atoms with Crippen molar-refractivity contribution in [1.82, 2.24) is 0 Å². The van der Waals surface area contributed by atoms with Crippen molar-refractivity contribution in [1.29, 1.82) is 0 Å². The Morgan fingerprint density at radius 3 is 2.45 bits per heavy atom. The molecular weight excluding hydrogens is 292 g/mol. The number of hydrogen-bond acceptors (Lipinski definition) is 4. The normalized spacial score (nSPS) is 11.2. The molecule has 0 spiro atoms. The minimum atomic E-state index is -0.376. The summed E-state index contributed by atoms with van der Waals surface area (Å²) in [5, 5.41) is 2.87. The summed E-state index contributed by atoms with van der Waals surface area (Å²) in [6.07, 6.45) is 0. The van der Waals surface area contributed by atoms with E-state index in [-0.39, 0.29) is 22.3 Å². The molecule has 0 heterocycles. The first-order valence-electron chi connectivity index (χ1n) is 6.22. The highest BCUT2D eigenvalue weighted by Crippen LogP contribution is 2.27. The van der Waals surface area contributed by atoms with E-state index in [1.807, 2.05) is 24.3 Å². The zero-order valence-electron chi connectivity index (χ0n) is 11.9. The van der Waals surface area contributed by atoms with E-state index < -0.39 is 0 Å². The summed E-state index contributed by atoms with van der Waals surface area (Å²) in [6, 6.07) is 7.40. The summed E-state index contributed by atoms with van der Waals surface area (Å²) in [5.74, 6) is 0.179. The molecule has 0 aliphatic rings. The summed E-state index contributed by atoms with van der Waals surface area (Å²) in [4.78, 5) is 23.6. The Kier molecular flexibility index (Phi) is 6.42. The summed E-state index contributed by atoms with van der Waals surface area (Å²) in [6.45, 7) is 6.21. The maximum Gasteiger partial charge on any atom is 0.234 e. The van der Waals surface area contributed by atoms with Gasteiger partial charge in [0.1, 0.15) is 0 Å². The van der Waals surface area contributed by atoms with Crippen LogP contribution in [0.3, 0.4) is 0 Å². The minimum absolute atomic E-state index is 0.0444. The molecule has 0 atom stereocenters. The van der Waals surface area contributed by atoms with Crippen LogP contribution in [0.15, 0.2) is 29.2 Å². The number of primary amides is 1. The van der Waals surface area contributed by atoms with Crippen LogP contribution in [-0.2, 0) is 9.59 Å². The number of hydrogen-bond donors (Lipinski definition) is 2. The second kappa shape index (κ2) is 7.59. The highest BCUT2D eigenvalue weighted by Gasteiger charge is 2.14. The van der Waals surface area contributed by atoms with Gasteiger partial charge in [0.15, 0.2) is 0 Å². The molecule has 0 saturated heterocycles. The van der Waals surface area contributed by atoms with Crippen molar-refractivity contribution in [3.05, 3.63) is 24.3 Å². The average molecular weight is 312 g/mol. The molecule has 110 valence electrons. The van der Waals surface area contributed by atoms with E-state index in [4.69, 9.17) is 5.73 Å². The largest absolute Gasteiger partial charge is 0.369 e. The number of para-hydroxylation sites is 1. The van der Waals surface area contributed by atoms with Crippen LogP contribution in [0.1, 0.15) is 20.8 Å². The number of carbonyl (C=O) groups is 2. The van der Waals surface area contributed by atoms with Crippen molar-refractivity contribution in [2.75, 3.05) is 16.8 Å². The molecule has 2 amide bonds. The summed E-state index contributed by atoms with van der Waals surface area (Å²) < 4.78 is 0.0532. The molecule has 0 saturated carbocycles. The molecule has 20 heavy (non-hydrogen) atoms. The summed E-state index contributed by atoms with van der Waals surface area (Å²) >= 11 is 2.92. The van der Waals surface area contributed by atoms with E-state index in [0.29, 0.717) is 5.75 Å². The van der Waals surface area contributed by atoms with Crippen LogP contribution in [-0.4, -0.2) is 28.1 Å². The van der Waals surface area contributed by atoms with Crippen LogP contribution in [0.5, 0.6) is 0 Å². The fourth-order valence-corrected chi connectivity index (χ4v) is 2.70. The molecule has 1 aromatic rings. The monoisotopic (exact) mass is 312 g/mol. The first-order valence-corrected chi connectivity index (χ1v) is 8.19. The standard InChI is InChI=1S/C14H20N2O2S2/c1-14(2,3)20-9-13(18)16-10-6-4-5-7-11(10)19-8-12(15)17/h4-7H,8-9H2,1-3H3,(H2,15,17)(H,16,18). The van der Waals surface area contributed by atoms with Gasteiger partial charge in [-0.1, -0.05) is 32.9 Å². The number of rotatable bonds is 6. The van der Waals surface area contributed by atoms with Gasteiger partial charge in [0.2, 0.25) is 11.8 Å². The maximum absolute atomic E-state index is 11.9. The lowest BCUT2D eigenvalue weighted by molar-refractivity contribution is -0.115. The number of thioether (sulfide) groups is 2. The molecule has 0 fully saturated rings. The third kappa shape index (κ3) is 6.86. The quantitative estimate of drug-likeness (QED) is 0.792. The van der Waals surface area contributed by atoms with Crippen LogP contribution in [0.2, 0.25) is 0 Å². The van der Waals surface area contributed by atoms with E-state index in [1.54, 1.807) is 11.8 Å². The molecule has 1 rings (SSSR count). The first kappa shape index (κ1) is 16.9. The fraction of sp³-hybridized carbons (Fsp3) is 0.429. The predicted octanol–water partition coefficient (Wildman–Crippen LogP) is 2.73. The van der Waals surface area contributed by atoms with Crippen LogP contribution in [0, 0.1) is 0 Å². The van der Waals surface area contributed by atoms with Gasteiger partial charge in [-0.3, -0.25) is 9.59 Å². The zero-order chi connectivity index (χ0) is 15.2. The third-order valence-electron chi connectivity index (χ3n) is 2.17. The van der Waals surface area contributed by atoms with Gasteiger partial charge in [-0.15, -0.1) is 23.5 Å². The van der Waals surface area contributed by atoms with E-state index in [0.717, 1.165) is 10.6 Å². The fourth-order valence-electron chi connectivity index (χ4n) is 1.31. The van der Waals surface area contributed by atoms with Crippen molar-refractivity contribution >= 4 is 41.0 Å². The molecular formula is C14H20N2O2S2. The molecule has 0 unspecified atom stereocenters. The highest BCUT2D eigenvalue weighted by atomic mass is 32.2. The van der Waals surface area contributed by atoms with E-state index in [1.165, 1.54) is 11.8 Å². The molecule has 0 aliphatic carbocycles. The lowest BCUT2D eigenvalue weighted by Gasteiger charge is -2.17. The van der Waals surface area contributed by atoms with Crippen molar-refractivity contribution < 1.29 is 9.59 Å². The highest BCUT2D eigenvalue weighted by molar-refractivity contribution is 8.01. The SMILES string of the molecule is CC(C)(C)SCC(=O)Nc1ccccc1SCC(N)=O. The Bertz CT molecular complexity index is 484. The number of nitrogens with two attached hydrogens (primary N) is 1. The van der Waals surface area contributed by atoms with Gasteiger partial charge in [0, 0.05) is 9.64 Å². The number of amides is 2. The van der Waals surface area contributed by atoms with Crippen LogP contribution in [0.25, 0.3) is 0 Å². The molecule has 3 N–H and O–H groups in total. The van der Waals surface area contributed by atoms with Gasteiger partial charge in [-0.2, -0.15) is 0 Å². The minimum Gasteiger partial charge on any atom is -0.369 e. The van der Waals surface area contributed by atoms with Gasteiger partial charge in [-0.25, -0.2) is 0 Å². The number of benzene rings is 1. The van der Waals surface area contributed by atoms with Crippen LogP contribution in [0.4, 0.5) is 5.69 Å². The van der Waals surface area contributed by atoms with Gasteiger partial charge in [-0.05, 0) is 12.1 Å². The maximum atomic E-state index is 11.9. The Morgan fingerprint density at radius 2 is 1.85 bits per heavy atom. The molecule has 0 aromatic heterocycles. The topological polar surface area (TPSA) is 72.2 Å². The molecule has 0 bridgehead atoms. The molecule has 4 nitrogen and oxygen atoms in total. The Morgan fingerprint density at radius 1 is 1.20 bits per heavy atom. The van der Waals surface area contributed by atoms with E-state index >= 15 is 0 Å². The second-order valence-electron chi connectivity index (χ2n) is 5.20. The Hall–Kier alpha value is -1.14. The molecule has 0 radical (unpaired) electrons. The second-order valence-corrected chi connectivity index (χ2v) is 8.02. The molecule has 1 aromatic carbocycles. The van der Waals surface area contributed by atoms with Gasteiger partial charge in [0.25, 0.3) is 0 Å². The summed E-state index contributed by atoms with van der Waals surface area (Å²) in [5.41, 5.74) is 5.86. The van der Waals surface area contributed by atoms with Gasteiger partial charge < -0.3 is 11.1 Å². The van der Waals surface area contributed by atoms with Crippen molar-refractivity contribution in [2.45, 2.75) is 30.4 Å². The third-order valence-corrected chi connectivity index (χ3v) is 4.54. The lowest BCUT2D eigenvalue weighted by Crippen LogP contribution is -2.19. The number of nitrogens with one attached hydrogen (secondary N) is 1. The van der Waals surface area contributed by atoms with Gasteiger partial charge in [0.05, 0.1) is 17.2 Å². The van der Waals surface area contributed by atoms with Crippen LogP contribution >= 0.6 is 23.5 Å². The summed E-state index contributed by atoms with van der Waals surface area (Å²) in [7, 11) is 0. The van der Waals surface area contributed by atoms with Crippen molar-refractivity contribution in [3.8, 4) is 0 Å². The zero-order valence-corrected chi connectivity index (χ0v) is 13.6. The first-order chi connectivity index (χ1) is 9.28. The predicted molar refractivity (Wildman–Crippen MR) is 87.2 cm³/mol. The van der Waals surface area contributed by atoms with Crippen LogP contribution < -0.4 is 11.1 Å². The number of anilines is 1.